The fourth-order valence-electron chi connectivity index (χ4n) is 1.80. The maximum absolute atomic E-state index is 11.6. The molecular formula is C16H25NO2S. The minimum atomic E-state index is 0.116. The predicted molar refractivity (Wildman–Crippen MR) is 85.2 cm³/mol. The smallest absolute Gasteiger partial charge is 0.220 e. The molecule has 0 radical (unpaired) electrons. The number of hydrogen-bond donors (Lipinski definition) is 2. The lowest BCUT2D eigenvalue weighted by molar-refractivity contribution is -0.120. The fraction of sp³-hybridized carbons (Fsp3) is 0.562. The van der Waals surface area contributed by atoms with Gasteiger partial charge in [-0.15, -0.1) is 11.8 Å². The SMILES string of the molecule is Cc1ccc(SCCC(=O)NCCCCCO)cc1C. The first-order valence-corrected chi connectivity index (χ1v) is 8.19. The molecule has 0 saturated heterocycles. The van der Waals surface area contributed by atoms with Crippen molar-refractivity contribution in [2.24, 2.45) is 0 Å². The first-order valence-electron chi connectivity index (χ1n) is 7.21. The van der Waals surface area contributed by atoms with E-state index in [-0.39, 0.29) is 12.5 Å². The first-order chi connectivity index (χ1) is 9.63. The molecule has 112 valence electrons. The normalized spacial score (nSPS) is 10.6. The van der Waals surface area contributed by atoms with Gasteiger partial charge in [0.25, 0.3) is 0 Å². The van der Waals surface area contributed by atoms with Gasteiger partial charge in [-0.05, 0) is 56.4 Å². The van der Waals surface area contributed by atoms with Crippen molar-refractivity contribution >= 4 is 17.7 Å². The third-order valence-corrected chi connectivity index (χ3v) is 4.23. The Kier molecular flexibility index (Phi) is 8.38. The number of aliphatic hydroxyl groups excluding tert-OH is 1. The summed E-state index contributed by atoms with van der Waals surface area (Å²) in [6, 6.07) is 6.41. The second-order valence-electron chi connectivity index (χ2n) is 4.98. The highest BCUT2D eigenvalue weighted by Crippen LogP contribution is 2.21. The van der Waals surface area contributed by atoms with Crippen LogP contribution in [-0.2, 0) is 4.79 Å². The summed E-state index contributed by atoms with van der Waals surface area (Å²) in [6.07, 6.45) is 3.28. The van der Waals surface area contributed by atoms with Crippen molar-refractivity contribution in [3.05, 3.63) is 29.3 Å². The zero-order chi connectivity index (χ0) is 14.8. The van der Waals surface area contributed by atoms with Crippen LogP contribution < -0.4 is 5.32 Å². The average molecular weight is 295 g/mol. The van der Waals surface area contributed by atoms with Crippen LogP contribution >= 0.6 is 11.8 Å². The van der Waals surface area contributed by atoms with Crippen LogP contribution in [0.2, 0.25) is 0 Å². The number of aryl methyl sites for hydroxylation is 2. The third kappa shape index (κ3) is 6.96. The Morgan fingerprint density at radius 1 is 1.20 bits per heavy atom. The van der Waals surface area contributed by atoms with Gasteiger partial charge in [-0.3, -0.25) is 4.79 Å². The summed E-state index contributed by atoms with van der Waals surface area (Å²) in [5.74, 6) is 0.927. The highest BCUT2D eigenvalue weighted by Gasteiger charge is 2.02. The van der Waals surface area contributed by atoms with Gasteiger partial charge in [0.1, 0.15) is 0 Å². The second kappa shape index (κ2) is 9.83. The van der Waals surface area contributed by atoms with Crippen LogP contribution in [0.25, 0.3) is 0 Å². The fourth-order valence-corrected chi connectivity index (χ4v) is 2.74. The number of thioether (sulfide) groups is 1. The number of amides is 1. The van der Waals surface area contributed by atoms with Crippen LogP contribution in [-0.4, -0.2) is 29.9 Å². The molecule has 2 N–H and O–H groups in total. The summed E-state index contributed by atoms with van der Waals surface area (Å²) < 4.78 is 0. The second-order valence-corrected chi connectivity index (χ2v) is 6.15. The zero-order valence-corrected chi connectivity index (χ0v) is 13.3. The molecule has 0 saturated carbocycles. The number of hydrogen-bond acceptors (Lipinski definition) is 3. The summed E-state index contributed by atoms with van der Waals surface area (Å²) >= 11 is 1.73. The Labute approximate surface area is 126 Å². The van der Waals surface area contributed by atoms with Crippen LogP contribution in [0.3, 0.4) is 0 Å². The van der Waals surface area contributed by atoms with Gasteiger partial charge >= 0.3 is 0 Å². The van der Waals surface area contributed by atoms with Crippen molar-refractivity contribution < 1.29 is 9.90 Å². The molecule has 0 unspecified atom stereocenters. The Bertz CT molecular complexity index is 421. The van der Waals surface area contributed by atoms with Crippen LogP contribution in [0, 0.1) is 13.8 Å². The Hall–Kier alpha value is -1.00. The Morgan fingerprint density at radius 2 is 2.00 bits per heavy atom. The van der Waals surface area contributed by atoms with Crippen molar-refractivity contribution in [3.8, 4) is 0 Å². The predicted octanol–water partition coefficient (Wildman–Crippen LogP) is 3.06. The van der Waals surface area contributed by atoms with Crippen molar-refractivity contribution in [3.63, 3.8) is 0 Å². The van der Waals surface area contributed by atoms with Crippen LogP contribution in [0.15, 0.2) is 23.1 Å². The van der Waals surface area contributed by atoms with Crippen LogP contribution in [0.5, 0.6) is 0 Å². The van der Waals surface area contributed by atoms with E-state index in [2.05, 4.69) is 37.4 Å². The summed E-state index contributed by atoms with van der Waals surface area (Å²) in [7, 11) is 0. The van der Waals surface area contributed by atoms with Crippen molar-refractivity contribution in [2.75, 3.05) is 18.9 Å². The lowest BCUT2D eigenvalue weighted by Crippen LogP contribution is -2.24. The molecule has 0 spiro atoms. The molecule has 3 nitrogen and oxygen atoms in total. The monoisotopic (exact) mass is 295 g/mol. The highest BCUT2D eigenvalue weighted by atomic mass is 32.2. The largest absolute Gasteiger partial charge is 0.396 e. The number of unbranched alkanes of at least 4 members (excludes halogenated alkanes) is 2. The van der Waals surface area contributed by atoms with Gasteiger partial charge in [0, 0.05) is 30.2 Å². The van der Waals surface area contributed by atoms with E-state index in [0.717, 1.165) is 25.0 Å². The van der Waals surface area contributed by atoms with E-state index in [4.69, 9.17) is 5.11 Å². The maximum atomic E-state index is 11.6. The van der Waals surface area contributed by atoms with E-state index >= 15 is 0 Å². The Morgan fingerprint density at radius 3 is 2.70 bits per heavy atom. The summed E-state index contributed by atoms with van der Waals surface area (Å²) in [5, 5.41) is 11.6. The molecule has 0 heterocycles. The quantitative estimate of drug-likeness (QED) is 0.544. The molecule has 0 bridgehead atoms. The maximum Gasteiger partial charge on any atom is 0.220 e. The third-order valence-electron chi connectivity index (χ3n) is 3.23. The number of carbonyl (C=O) groups excluding carboxylic acids is 1. The molecule has 0 aliphatic carbocycles. The molecule has 1 aromatic carbocycles. The van der Waals surface area contributed by atoms with Gasteiger partial charge < -0.3 is 10.4 Å². The summed E-state index contributed by atoms with van der Waals surface area (Å²) in [5.41, 5.74) is 2.60. The molecule has 1 amide bonds. The summed E-state index contributed by atoms with van der Waals surface area (Å²) in [4.78, 5) is 12.8. The van der Waals surface area contributed by atoms with Gasteiger partial charge in [-0.25, -0.2) is 0 Å². The minimum Gasteiger partial charge on any atom is -0.396 e. The molecule has 0 aliphatic rings. The molecular weight excluding hydrogens is 270 g/mol. The number of aliphatic hydroxyl groups is 1. The lowest BCUT2D eigenvalue weighted by Gasteiger charge is -2.06. The van der Waals surface area contributed by atoms with Crippen molar-refractivity contribution in [1.29, 1.82) is 0 Å². The number of benzene rings is 1. The lowest BCUT2D eigenvalue weighted by atomic mass is 10.1. The highest BCUT2D eigenvalue weighted by molar-refractivity contribution is 7.99. The Balaban J connectivity index is 2.13. The topological polar surface area (TPSA) is 49.3 Å². The zero-order valence-electron chi connectivity index (χ0n) is 12.4. The van der Waals surface area contributed by atoms with Gasteiger partial charge in [0.2, 0.25) is 5.91 Å². The molecule has 1 aromatic rings. The molecule has 0 fully saturated rings. The molecule has 0 aromatic heterocycles. The molecule has 20 heavy (non-hydrogen) atoms. The van der Waals surface area contributed by atoms with Crippen molar-refractivity contribution in [2.45, 2.75) is 44.4 Å². The van der Waals surface area contributed by atoms with Gasteiger partial charge in [0.05, 0.1) is 0 Å². The molecule has 4 heteroatoms. The molecule has 0 atom stereocenters. The van der Waals surface area contributed by atoms with E-state index < -0.39 is 0 Å². The van der Waals surface area contributed by atoms with E-state index in [1.54, 1.807) is 11.8 Å². The van der Waals surface area contributed by atoms with Gasteiger partial charge in [-0.1, -0.05) is 6.07 Å². The summed E-state index contributed by atoms with van der Waals surface area (Å²) in [6.45, 7) is 5.17. The van der Waals surface area contributed by atoms with Gasteiger partial charge in [0.15, 0.2) is 0 Å². The van der Waals surface area contributed by atoms with E-state index in [1.165, 1.54) is 16.0 Å². The number of carbonyl (C=O) groups is 1. The van der Waals surface area contributed by atoms with Crippen LogP contribution in [0.1, 0.15) is 36.8 Å². The average Bonchev–Trinajstić information content (AvgIpc) is 2.42. The van der Waals surface area contributed by atoms with Crippen molar-refractivity contribution in [1.82, 2.24) is 5.32 Å². The standard InChI is InChI=1S/C16H25NO2S/c1-13-6-7-15(12-14(13)2)20-11-8-16(19)17-9-4-3-5-10-18/h6-7,12,18H,3-5,8-11H2,1-2H3,(H,17,19). The van der Waals surface area contributed by atoms with E-state index in [9.17, 15) is 4.79 Å². The van der Waals surface area contributed by atoms with Gasteiger partial charge in [-0.2, -0.15) is 0 Å². The molecule has 0 aliphatic heterocycles. The first kappa shape index (κ1) is 17.1. The van der Waals surface area contributed by atoms with E-state index in [0.29, 0.717) is 13.0 Å². The minimum absolute atomic E-state index is 0.116. The van der Waals surface area contributed by atoms with E-state index in [1.807, 2.05) is 0 Å². The molecule has 1 rings (SSSR count). The van der Waals surface area contributed by atoms with Crippen LogP contribution in [0.4, 0.5) is 0 Å². The number of rotatable bonds is 9. The number of nitrogens with one attached hydrogen (secondary N) is 1.